The molecular weight excluding hydrogens is 436 g/mol. The predicted molar refractivity (Wildman–Crippen MR) is 131 cm³/mol. The van der Waals surface area contributed by atoms with E-state index in [1.807, 2.05) is 12.1 Å². The van der Waals surface area contributed by atoms with Crippen LogP contribution >= 0.6 is 11.6 Å². The lowest BCUT2D eigenvalue weighted by molar-refractivity contribution is 0.106. The third kappa shape index (κ3) is 3.60. The monoisotopic (exact) mass is 464 g/mol. The van der Waals surface area contributed by atoms with Crippen LogP contribution in [-0.4, -0.2) is 53.8 Å². The molecule has 2 aromatic carbocycles. The van der Waals surface area contributed by atoms with Crippen LogP contribution in [-0.2, 0) is 13.0 Å². The minimum absolute atomic E-state index is 0.165. The first kappa shape index (κ1) is 21.0. The number of ether oxygens (including phenoxy) is 2. The van der Waals surface area contributed by atoms with Crippen molar-refractivity contribution in [2.45, 2.75) is 44.2 Å². The highest BCUT2D eigenvalue weighted by atomic mass is 35.5. The molecule has 0 N–H and O–H groups in total. The molecule has 0 amide bonds. The average molecular weight is 465 g/mol. The highest BCUT2D eigenvalue weighted by molar-refractivity contribution is 6.36. The van der Waals surface area contributed by atoms with Gasteiger partial charge in [-0.1, -0.05) is 35.9 Å². The van der Waals surface area contributed by atoms with Crippen LogP contribution in [0.3, 0.4) is 0 Å². The maximum absolute atomic E-state index is 6.61. The van der Waals surface area contributed by atoms with E-state index in [-0.39, 0.29) is 5.54 Å². The number of hydrogen-bond donors (Lipinski definition) is 0. The Morgan fingerprint density at radius 3 is 2.61 bits per heavy atom. The van der Waals surface area contributed by atoms with Crippen LogP contribution < -0.4 is 14.4 Å². The molecule has 4 heterocycles. The van der Waals surface area contributed by atoms with Gasteiger partial charge in [-0.05, 0) is 62.7 Å². The standard InChI is InChI=1S/C26H29ClN4O2/c1-32-24-19-10-15-30(22-9-3-7-18-6-2-8-20(27)23(18)22)16-21(19)28-25(29-24)33-17-26-11-4-13-31(26)14-5-12-26/h2-3,6-9H,4-5,10-17H2,1H3. The van der Waals surface area contributed by atoms with Gasteiger partial charge in [0, 0.05) is 23.2 Å². The van der Waals surface area contributed by atoms with Gasteiger partial charge in [-0.25, -0.2) is 0 Å². The molecule has 0 unspecified atom stereocenters. The maximum Gasteiger partial charge on any atom is 0.320 e. The summed E-state index contributed by atoms with van der Waals surface area (Å²) in [6.45, 7) is 4.54. The average Bonchev–Trinajstić information content (AvgIpc) is 3.42. The molecule has 1 aromatic heterocycles. The van der Waals surface area contributed by atoms with Crippen molar-refractivity contribution < 1.29 is 9.47 Å². The summed E-state index contributed by atoms with van der Waals surface area (Å²) >= 11 is 6.61. The Hall–Kier alpha value is -2.57. The summed E-state index contributed by atoms with van der Waals surface area (Å²) in [5, 5.41) is 3.01. The molecule has 2 fully saturated rings. The van der Waals surface area contributed by atoms with Crippen LogP contribution in [0.5, 0.6) is 11.9 Å². The molecule has 0 aliphatic carbocycles. The molecular formula is C26H29ClN4O2. The highest BCUT2D eigenvalue weighted by Crippen LogP contribution is 2.40. The molecule has 6 rings (SSSR count). The number of rotatable bonds is 5. The fourth-order valence-electron chi connectivity index (χ4n) is 6.01. The second-order valence-electron chi connectivity index (χ2n) is 9.43. The van der Waals surface area contributed by atoms with Crippen molar-refractivity contribution in [3.8, 4) is 11.9 Å². The summed E-state index contributed by atoms with van der Waals surface area (Å²) in [4.78, 5) is 14.4. The van der Waals surface area contributed by atoms with Crippen molar-refractivity contribution in [3.63, 3.8) is 0 Å². The highest BCUT2D eigenvalue weighted by Gasteiger charge is 2.45. The number of nitrogens with zero attached hydrogens (tertiary/aromatic N) is 4. The minimum atomic E-state index is 0.165. The summed E-state index contributed by atoms with van der Waals surface area (Å²) in [6, 6.07) is 12.8. The van der Waals surface area contributed by atoms with Crippen LogP contribution in [0.4, 0.5) is 5.69 Å². The van der Waals surface area contributed by atoms with Gasteiger partial charge in [0.2, 0.25) is 5.88 Å². The zero-order valence-electron chi connectivity index (χ0n) is 19.0. The second kappa shape index (κ2) is 8.33. The lowest BCUT2D eigenvalue weighted by atomic mass is 9.95. The number of aromatic nitrogens is 2. The molecule has 172 valence electrons. The van der Waals surface area contributed by atoms with E-state index < -0.39 is 0 Å². The van der Waals surface area contributed by atoms with Gasteiger partial charge in [0.1, 0.15) is 6.61 Å². The molecule has 0 radical (unpaired) electrons. The molecule has 0 spiro atoms. The van der Waals surface area contributed by atoms with E-state index in [9.17, 15) is 0 Å². The van der Waals surface area contributed by atoms with E-state index in [2.05, 4.69) is 39.0 Å². The third-order valence-corrected chi connectivity index (χ3v) is 7.97. The molecule has 33 heavy (non-hydrogen) atoms. The fourth-order valence-corrected chi connectivity index (χ4v) is 6.29. The number of hydrogen-bond acceptors (Lipinski definition) is 6. The van der Waals surface area contributed by atoms with Crippen LogP contribution in [0.25, 0.3) is 10.8 Å². The van der Waals surface area contributed by atoms with Crippen molar-refractivity contribution in [2.24, 2.45) is 0 Å². The van der Waals surface area contributed by atoms with Crippen molar-refractivity contribution >= 4 is 28.1 Å². The van der Waals surface area contributed by atoms with E-state index in [0.29, 0.717) is 25.0 Å². The quantitative estimate of drug-likeness (QED) is 0.537. The molecule has 7 heteroatoms. The van der Waals surface area contributed by atoms with E-state index >= 15 is 0 Å². The topological polar surface area (TPSA) is 50.7 Å². The van der Waals surface area contributed by atoms with Gasteiger partial charge in [0.15, 0.2) is 0 Å². The summed E-state index contributed by atoms with van der Waals surface area (Å²) in [6.07, 6.45) is 5.72. The van der Waals surface area contributed by atoms with Crippen molar-refractivity contribution in [1.82, 2.24) is 14.9 Å². The molecule has 0 saturated carbocycles. The zero-order valence-corrected chi connectivity index (χ0v) is 19.8. The number of fused-ring (bicyclic) bond motifs is 3. The van der Waals surface area contributed by atoms with Gasteiger partial charge in [0.25, 0.3) is 0 Å². The lowest BCUT2D eigenvalue weighted by Gasteiger charge is -2.33. The normalized spacial score (nSPS) is 19.5. The van der Waals surface area contributed by atoms with E-state index in [4.69, 9.17) is 26.1 Å². The molecule has 0 atom stereocenters. The molecule has 2 saturated heterocycles. The van der Waals surface area contributed by atoms with Crippen molar-refractivity contribution in [1.29, 1.82) is 0 Å². The van der Waals surface area contributed by atoms with Crippen molar-refractivity contribution in [3.05, 3.63) is 52.7 Å². The number of methoxy groups -OCH3 is 1. The van der Waals surface area contributed by atoms with Crippen molar-refractivity contribution in [2.75, 3.05) is 38.3 Å². The van der Waals surface area contributed by atoms with E-state index in [1.54, 1.807) is 7.11 Å². The van der Waals surface area contributed by atoms with Gasteiger partial charge < -0.3 is 14.4 Å². The Labute approximate surface area is 199 Å². The Morgan fingerprint density at radius 2 is 1.82 bits per heavy atom. The van der Waals surface area contributed by atoms with Crippen LogP contribution in [0.1, 0.15) is 36.9 Å². The smallest absolute Gasteiger partial charge is 0.320 e. The van der Waals surface area contributed by atoms with Crippen LogP contribution in [0.2, 0.25) is 5.02 Å². The Morgan fingerprint density at radius 1 is 1.03 bits per heavy atom. The van der Waals surface area contributed by atoms with Gasteiger partial charge in [-0.2, -0.15) is 9.97 Å². The van der Waals surface area contributed by atoms with Gasteiger partial charge in [-0.15, -0.1) is 0 Å². The second-order valence-corrected chi connectivity index (χ2v) is 9.84. The van der Waals surface area contributed by atoms with Crippen LogP contribution in [0, 0.1) is 0 Å². The van der Waals surface area contributed by atoms with Gasteiger partial charge in [-0.3, -0.25) is 4.90 Å². The zero-order chi connectivity index (χ0) is 22.4. The van der Waals surface area contributed by atoms with Crippen LogP contribution in [0.15, 0.2) is 36.4 Å². The first-order valence-corrected chi connectivity index (χ1v) is 12.3. The number of benzene rings is 2. The number of anilines is 1. The third-order valence-electron chi connectivity index (χ3n) is 7.65. The van der Waals surface area contributed by atoms with Gasteiger partial charge in [0.05, 0.1) is 29.9 Å². The maximum atomic E-state index is 6.61. The Bertz CT molecular complexity index is 1190. The summed E-state index contributed by atoms with van der Waals surface area (Å²) < 4.78 is 11.9. The first-order chi connectivity index (χ1) is 16.2. The summed E-state index contributed by atoms with van der Waals surface area (Å²) in [5.74, 6) is 0.637. The molecule has 0 bridgehead atoms. The fraction of sp³-hybridized carbons (Fsp3) is 0.462. The Balaban J connectivity index is 1.29. The SMILES string of the molecule is COc1nc(OCC23CCCN2CCC3)nc2c1CCN(c1cccc3cccc(Cl)c13)C2. The van der Waals surface area contributed by atoms with Gasteiger partial charge >= 0.3 is 6.01 Å². The number of halogens is 1. The summed E-state index contributed by atoms with van der Waals surface area (Å²) in [7, 11) is 1.68. The lowest BCUT2D eigenvalue weighted by Crippen LogP contribution is -2.43. The first-order valence-electron chi connectivity index (χ1n) is 11.9. The minimum Gasteiger partial charge on any atom is -0.481 e. The molecule has 3 aliphatic rings. The largest absolute Gasteiger partial charge is 0.481 e. The Kier molecular flexibility index (Phi) is 5.30. The molecule has 3 aliphatic heterocycles. The molecule has 6 nitrogen and oxygen atoms in total. The predicted octanol–water partition coefficient (Wildman–Crippen LogP) is 4.86. The van der Waals surface area contributed by atoms with E-state index in [1.165, 1.54) is 38.8 Å². The molecule has 3 aromatic rings. The summed E-state index contributed by atoms with van der Waals surface area (Å²) in [5.41, 5.74) is 3.35. The van der Waals surface area contributed by atoms with E-state index in [0.717, 1.165) is 45.7 Å².